The summed E-state index contributed by atoms with van der Waals surface area (Å²) in [6.45, 7) is 3.78. The lowest BCUT2D eigenvalue weighted by Gasteiger charge is -2.10. The molecule has 1 N–H and O–H groups in total. The molecule has 0 saturated heterocycles. The lowest BCUT2D eigenvalue weighted by Crippen LogP contribution is -2.01. The normalized spacial score (nSPS) is 11.0. The van der Waals surface area contributed by atoms with Gasteiger partial charge < -0.3 is 4.57 Å². The van der Waals surface area contributed by atoms with Crippen LogP contribution >= 0.6 is 11.6 Å². The molecule has 29 heavy (non-hydrogen) atoms. The zero-order chi connectivity index (χ0) is 21.1. The van der Waals surface area contributed by atoms with E-state index in [9.17, 15) is 20.2 Å². The van der Waals surface area contributed by atoms with Gasteiger partial charge in [0.15, 0.2) is 0 Å². The van der Waals surface area contributed by atoms with Crippen molar-refractivity contribution in [2.24, 2.45) is 5.10 Å². The van der Waals surface area contributed by atoms with Gasteiger partial charge in [0.25, 0.3) is 11.4 Å². The molecule has 0 aliphatic rings. The molecule has 0 atom stereocenters. The van der Waals surface area contributed by atoms with Crippen LogP contribution in [0.25, 0.3) is 5.69 Å². The number of aryl methyl sites for hydroxylation is 1. The van der Waals surface area contributed by atoms with Gasteiger partial charge in [0.2, 0.25) is 0 Å². The number of hydrogen-bond acceptors (Lipinski definition) is 7. The number of rotatable bonds is 6. The SMILES string of the molecule is Cc1cc(/C=N/Nc2ccc([N+](=O)[O-])cn2)c(C)n1-c1ccc([N+](=O)[O-])c(Cl)c1. The van der Waals surface area contributed by atoms with Gasteiger partial charge in [0.1, 0.15) is 17.0 Å². The van der Waals surface area contributed by atoms with E-state index >= 15 is 0 Å². The molecule has 0 spiro atoms. The van der Waals surface area contributed by atoms with Gasteiger partial charge in [-0.2, -0.15) is 5.10 Å². The molecule has 2 aromatic heterocycles. The van der Waals surface area contributed by atoms with Gasteiger partial charge >= 0.3 is 0 Å². The lowest BCUT2D eigenvalue weighted by molar-refractivity contribution is -0.385. The average molecular weight is 415 g/mol. The first kappa shape index (κ1) is 20.0. The van der Waals surface area contributed by atoms with Gasteiger partial charge in [0, 0.05) is 34.8 Å². The number of benzene rings is 1. The van der Waals surface area contributed by atoms with Crippen molar-refractivity contribution in [3.05, 3.63) is 84.8 Å². The Morgan fingerprint density at radius 1 is 1.14 bits per heavy atom. The Hall–Kier alpha value is -3.79. The fraction of sp³-hybridized carbons (Fsp3) is 0.111. The molecule has 0 amide bonds. The number of halogens is 1. The van der Waals surface area contributed by atoms with Crippen LogP contribution in [-0.2, 0) is 0 Å². The van der Waals surface area contributed by atoms with Crippen LogP contribution in [0.5, 0.6) is 0 Å². The highest BCUT2D eigenvalue weighted by Gasteiger charge is 2.15. The molecule has 0 saturated carbocycles. The topological polar surface area (TPSA) is 128 Å². The van der Waals surface area contributed by atoms with Crippen molar-refractivity contribution in [2.75, 3.05) is 5.43 Å². The van der Waals surface area contributed by atoms with Crippen LogP contribution in [-0.4, -0.2) is 25.6 Å². The average Bonchev–Trinajstić information content (AvgIpc) is 2.95. The standard InChI is InChI=1S/C18H15ClN6O4/c1-11-7-13(9-21-22-18-6-4-15(10-20-18)24(26)27)12(2)23(11)14-3-5-17(25(28)29)16(19)8-14/h3-10H,1-2H3,(H,20,22)/b21-9+. The van der Waals surface area contributed by atoms with E-state index in [2.05, 4.69) is 15.5 Å². The third-order valence-electron chi connectivity index (χ3n) is 4.20. The van der Waals surface area contributed by atoms with Crippen LogP contribution in [0.2, 0.25) is 5.02 Å². The summed E-state index contributed by atoms with van der Waals surface area (Å²) < 4.78 is 1.90. The first-order chi connectivity index (χ1) is 13.8. The molecule has 10 nitrogen and oxygen atoms in total. The maximum Gasteiger partial charge on any atom is 0.288 e. The highest BCUT2D eigenvalue weighted by Crippen LogP contribution is 2.29. The molecule has 0 bridgehead atoms. The van der Waals surface area contributed by atoms with E-state index in [1.54, 1.807) is 18.3 Å². The molecule has 3 rings (SSSR count). The smallest absolute Gasteiger partial charge is 0.288 e. The minimum Gasteiger partial charge on any atom is -0.318 e. The zero-order valence-corrected chi connectivity index (χ0v) is 16.1. The Morgan fingerprint density at radius 2 is 1.90 bits per heavy atom. The van der Waals surface area contributed by atoms with Crippen LogP contribution < -0.4 is 5.43 Å². The number of pyridine rings is 1. The Labute approximate surface area is 169 Å². The van der Waals surface area contributed by atoms with Crippen LogP contribution in [0.1, 0.15) is 17.0 Å². The van der Waals surface area contributed by atoms with Crippen LogP contribution in [0.3, 0.4) is 0 Å². The summed E-state index contributed by atoms with van der Waals surface area (Å²) in [5.41, 5.74) is 5.71. The minimum atomic E-state index is -0.530. The summed E-state index contributed by atoms with van der Waals surface area (Å²) in [6, 6.07) is 9.22. The Balaban J connectivity index is 1.82. The van der Waals surface area contributed by atoms with Crippen molar-refractivity contribution in [1.82, 2.24) is 9.55 Å². The van der Waals surface area contributed by atoms with Crippen molar-refractivity contribution >= 4 is 35.0 Å². The Morgan fingerprint density at radius 3 is 2.48 bits per heavy atom. The first-order valence-electron chi connectivity index (χ1n) is 8.30. The Bertz CT molecular complexity index is 1120. The van der Waals surface area contributed by atoms with Gasteiger partial charge in [-0.15, -0.1) is 0 Å². The predicted molar refractivity (Wildman–Crippen MR) is 109 cm³/mol. The Kier molecular flexibility index (Phi) is 5.55. The second-order valence-corrected chi connectivity index (χ2v) is 6.49. The van der Waals surface area contributed by atoms with Crippen molar-refractivity contribution in [3.63, 3.8) is 0 Å². The predicted octanol–water partition coefficient (Wildman–Crippen LogP) is 4.40. The van der Waals surface area contributed by atoms with E-state index in [4.69, 9.17) is 11.6 Å². The molecule has 0 radical (unpaired) electrons. The number of anilines is 1. The summed E-state index contributed by atoms with van der Waals surface area (Å²) in [7, 11) is 0. The summed E-state index contributed by atoms with van der Waals surface area (Å²) in [5, 5.41) is 25.8. The monoisotopic (exact) mass is 414 g/mol. The maximum absolute atomic E-state index is 10.9. The highest BCUT2D eigenvalue weighted by molar-refractivity contribution is 6.32. The molecule has 3 aromatic rings. The largest absolute Gasteiger partial charge is 0.318 e. The van der Waals surface area contributed by atoms with Crippen molar-refractivity contribution in [2.45, 2.75) is 13.8 Å². The van der Waals surface area contributed by atoms with E-state index in [0.29, 0.717) is 11.5 Å². The van der Waals surface area contributed by atoms with Gasteiger partial charge in [0.05, 0.1) is 16.1 Å². The van der Waals surface area contributed by atoms with E-state index in [0.717, 1.165) is 23.1 Å². The number of aromatic nitrogens is 2. The molecule has 11 heteroatoms. The fourth-order valence-electron chi connectivity index (χ4n) is 2.83. The molecule has 0 aliphatic carbocycles. The highest BCUT2D eigenvalue weighted by atomic mass is 35.5. The lowest BCUT2D eigenvalue weighted by atomic mass is 10.2. The van der Waals surface area contributed by atoms with Crippen molar-refractivity contribution < 1.29 is 9.85 Å². The molecule has 0 unspecified atom stereocenters. The van der Waals surface area contributed by atoms with E-state index in [1.807, 2.05) is 24.5 Å². The quantitative estimate of drug-likeness (QED) is 0.361. The minimum absolute atomic E-state index is 0.0566. The molecule has 148 valence electrons. The number of nitro groups is 2. The summed E-state index contributed by atoms with van der Waals surface area (Å²) in [6.07, 6.45) is 2.73. The van der Waals surface area contributed by atoms with Crippen molar-refractivity contribution in [1.29, 1.82) is 0 Å². The number of nitrogens with zero attached hydrogens (tertiary/aromatic N) is 5. The van der Waals surface area contributed by atoms with Crippen LogP contribution in [0.4, 0.5) is 17.2 Å². The second-order valence-electron chi connectivity index (χ2n) is 6.08. The van der Waals surface area contributed by atoms with Crippen molar-refractivity contribution in [3.8, 4) is 5.69 Å². The van der Waals surface area contributed by atoms with Crippen LogP contribution in [0.15, 0.2) is 47.7 Å². The maximum atomic E-state index is 10.9. The van der Waals surface area contributed by atoms with Gasteiger partial charge in [-0.25, -0.2) is 4.98 Å². The molecular weight excluding hydrogens is 400 g/mol. The zero-order valence-electron chi connectivity index (χ0n) is 15.4. The number of hydrazone groups is 1. The van der Waals surface area contributed by atoms with E-state index in [-0.39, 0.29) is 16.4 Å². The third kappa shape index (κ3) is 4.22. The third-order valence-corrected chi connectivity index (χ3v) is 4.50. The number of nitro benzene ring substituents is 1. The number of hydrogen-bond donors (Lipinski definition) is 1. The number of nitrogens with one attached hydrogen (secondary N) is 1. The van der Waals surface area contributed by atoms with E-state index in [1.165, 1.54) is 18.2 Å². The molecule has 0 aliphatic heterocycles. The molecule has 2 heterocycles. The summed E-state index contributed by atoms with van der Waals surface area (Å²) in [4.78, 5) is 24.4. The summed E-state index contributed by atoms with van der Waals surface area (Å²) in [5.74, 6) is 0.364. The summed E-state index contributed by atoms with van der Waals surface area (Å²) >= 11 is 6.03. The van der Waals surface area contributed by atoms with Gasteiger partial charge in [-0.3, -0.25) is 25.7 Å². The molecule has 1 aromatic carbocycles. The molecular formula is C18H15ClN6O4. The van der Waals surface area contributed by atoms with Crippen LogP contribution in [0, 0.1) is 34.1 Å². The van der Waals surface area contributed by atoms with Gasteiger partial charge in [-0.05, 0) is 38.1 Å². The first-order valence-corrected chi connectivity index (χ1v) is 8.68. The fourth-order valence-corrected chi connectivity index (χ4v) is 3.07. The van der Waals surface area contributed by atoms with Gasteiger partial charge in [-0.1, -0.05) is 11.6 Å². The molecule has 0 fully saturated rings. The second kappa shape index (κ2) is 8.07. The van der Waals surface area contributed by atoms with E-state index < -0.39 is 9.85 Å².